The van der Waals surface area contributed by atoms with Gasteiger partial charge < -0.3 is 10.4 Å². The number of halogens is 2. The third-order valence-corrected chi connectivity index (χ3v) is 4.17. The third kappa shape index (κ3) is 3.70. The molecular formula is C15H19ClFNO2. The molecule has 0 aromatic heterocycles. The van der Waals surface area contributed by atoms with E-state index in [1.807, 2.05) is 0 Å². The number of carbonyl (C=O) groups is 1. The van der Waals surface area contributed by atoms with Crippen LogP contribution in [0.4, 0.5) is 4.39 Å². The molecule has 0 bridgehead atoms. The van der Waals surface area contributed by atoms with Gasteiger partial charge in [0.15, 0.2) is 0 Å². The molecule has 1 atom stereocenters. The van der Waals surface area contributed by atoms with Crippen molar-refractivity contribution in [2.24, 2.45) is 5.92 Å². The van der Waals surface area contributed by atoms with E-state index in [9.17, 15) is 14.3 Å². The molecule has 1 saturated carbocycles. The Morgan fingerprint density at radius 2 is 2.10 bits per heavy atom. The Morgan fingerprint density at radius 3 is 2.75 bits per heavy atom. The number of nitrogens with one attached hydrogen (secondary N) is 1. The Morgan fingerprint density at radius 1 is 1.40 bits per heavy atom. The van der Waals surface area contributed by atoms with Gasteiger partial charge in [-0.25, -0.2) is 4.39 Å². The average molecular weight is 300 g/mol. The number of hydrogen-bond donors (Lipinski definition) is 2. The van der Waals surface area contributed by atoms with Gasteiger partial charge in [-0.3, -0.25) is 4.79 Å². The van der Waals surface area contributed by atoms with Crippen LogP contribution in [0.3, 0.4) is 0 Å². The van der Waals surface area contributed by atoms with E-state index in [0.29, 0.717) is 0 Å². The molecule has 1 aliphatic carbocycles. The summed E-state index contributed by atoms with van der Waals surface area (Å²) in [6, 6.07) is 4.11. The highest BCUT2D eigenvalue weighted by molar-refractivity contribution is 6.33. The second-order valence-corrected chi connectivity index (χ2v) is 5.68. The van der Waals surface area contributed by atoms with Crippen molar-refractivity contribution in [1.82, 2.24) is 5.32 Å². The SMILES string of the molecule is O=C(NCC(O)C1CCCCC1)c1c(F)cccc1Cl. The molecule has 0 heterocycles. The van der Waals surface area contributed by atoms with Crippen LogP contribution in [0, 0.1) is 11.7 Å². The summed E-state index contributed by atoms with van der Waals surface area (Å²) in [4.78, 5) is 11.9. The topological polar surface area (TPSA) is 49.3 Å². The average Bonchev–Trinajstić information content (AvgIpc) is 2.45. The van der Waals surface area contributed by atoms with Gasteiger partial charge in [0.2, 0.25) is 0 Å². The minimum atomic E-state index is -0.651. The van der Waals surface area contributed by atoms with E-state index in [2.05, 4.69) is 5.32 Å². The van der Waals surface area contributed by atoms with Crippen molar-refractivity contribution in [2.75, 3.05) is 6.54 Å². The van der Waals surface area contributed by atoms with Crippen LogP contribution in [0.15, 0.2) is 18.2 Å². The number of carbonyl (C=O) groups excluding carboxylic acids is 1. The summed E-state index contributed by atoms with van der Waals surface area (Å²) in [6.07, 6.45) is 4.84. The molecule has 1 fully saturated rings. The lowest BCUT2D eigenvalue weighted by atomic mass is 9.85. The molecule has 1 aromatic rings. The van der Waals surface area contributed by atoms with Crippen LogP contribution < -0.4 is 5.32 Å². The lowest BCUT2D eigenvalue weighted by Gasteiger charge is -2.26. The maximum atomic E-state index is 13.6. The first-order chi connectivity index (χ1) is 9.59. The van der Waals surface area contributed by atoms with E-state index in [0.717, 1.165) is 25.7 Å². The molecule has 2 N–H and O–H groups in total. The van der Waals surface area contributed by atoms with Crippen LogP contribution in [0.1, 0.15) is 42.5 Å². The molecule has 0 aliphatic heterocycles. The maximum Gasteiger partial charge on any atom is 0.255 e. The molecule has 2 rings (SSSR count). The normalized spacial score (nSPS) is 17.8. The predicted octanol–water partition coefficient (Wildman–Crippen LogP) is 3.15. The zero-order valence-corrected chi connectivity index (χ0v) is 12.0. The summed E-state index contributed by atoms with van der Waals surface area (Å²) in [5.74, 6) is -1.01. The molecule has 20 heavy (non-hydrogen) atoms. The van der Waals surface area contributed by atoms with E-state index in [1.165, 1.54) is 24.6 Å². The largest absolute Gasteiger partial charge is 0.391 e. The van der Waals surface area contributed by atoms with Gasteiger partial charge >= 0.3 is 0 Å². The summed E-state index contributed by atoms with van der Waals surface area (Å²) in [5.41, 5.74) is -0.162. The molecule has 0 saturated heterocycles. The number of aliphatic hydroxyl groups is 1. The fraction of sp³-hybridized carbons (Fsp3) is 0.533. The van der Waals surface area contributed by atoms with E-state index >= 15 is 0 Å². The smallest absolute Gasteiger partial charge is 0.255 e. The lowest BCUT2D eigenvalue weighted by Crippen LogP contribution is -2.37. The molecule has 1 aromatic carbocycles. The second-order valence-electron chi connectivity index (χ2n) is 5.27. The Bertz CT molecular complexity index is 455. The Kier molecular flexibility index (Phi) is 5.38. The van der Waals surface area contributed by atoms with Crippen LogP contribution in [-0.2, 0) is 0 Å². The molecule has 110 valence electrons. The highest BCUT2D eigenvalue weighted by atomic mass is 35.5. The van der Waals surface area contributed by atoms with Gasteiger partial charge in [-0.1, -0.05) is 36.9 Å². The molecule has 3 nitrogen and oxygen atoms in total. The van der Waals surface area contributed by atoms with Crippen LogP contribution in [0.25, 0.3) is 0 Å². The van der Waals surface area contributed by atoms with E-state index in [-0.39, 0.29) is 23.0 Å². The monoisotopic (exact) mass is 299 g/mol. The molecule has 5 heteroatoms. The number of aliphatic hydroxyl groups excluding tert-OH is 1. The standard InChI is InChI=1S/C15H19ClFNO2/c16-11-7-4-8-12(17)14(11)15(20)18-9-13(19)10-5-2-1-3-6-10/h4,7-8,10,13,19H,1-3,5-6,9H2,(H,18,20). The van der Waals surface area contributed by atoms with Crippen molar-refractivity contribution < 1.29 is 14.3 Å². The first-order valence-corrected chi connectivity index (χ1v) is 7.37. The Hall–Kier alpha value is -1.13. The van der Waals surface area contributed by atoms with Crippen molar-refractivity contribution in [1.29, 1.82) is 0 Å². The highest BCUT2D eigenvalue weighted by Gasteiger charge is 2.23. The van der Waals surface area contributed by atoms with Crippen LogP contribution in [0.5, 0.6) is 0 Å². The van der Waals surface area contributed by atoms with Gasteiger partial charge in [0.05, 0.1) is 16.7 Å². The van der Waals surface area contributed by atoms with Gasteiger partial charge in [-0.05, 0) is 30.9 Å². The van der Waals surface area contributed by atoms with Gasteiger partial charge in [0.1, 0.15) is 5.82 Å². The van der Waals surface area contributed by atoms with Gasteiger partial charge in [-0.15, -0.1) is 0 Å². The molecule has 0 spiro atoms. The lowest BCUT2D eigenvalue weighted by molar-refractivity contribution is 0.0736. The van der Waals surface area contributed by atoms with Crippen LogP contribution in [0.2, 0.25) is 5.02 Å². The molecular weight excluding hydrogens is 281 g/mol. The summed E-state index contributed by atoms with van der Waals surface area (Å²) >= 11 is 5.83. The van der Waals surface area contributed by atoms with Crippen LogP contribution >= 0.6 is 11.6 Å². The first kappa shape index (κ1) is 15.3. The Labute approximate surface area is 123 Å². The zero-order valence-electron chi connectivity index (χ0n) is 11.2. The van der Waals surface area contributed by atoms with E-state index in [4.69, 9.17) is 11.6 Å². The zero-order chi connectivity index (χ0) is 14.5. The molecule has 1 aliphatic rings. The number of benzene rings is 1. The van der Waals surface area contributed by atoms with Gasteiger partial charge in [-0.2, -0.15) is 0 Å². The summed E-state index contributed by atoms with van der Waals surface area (Å²) in [5, 5.41) is 12.7. The van der Waals surface area contributed by atoms with Crippen molar-refractivity contribution in [3.63, 3.8) is 0 Å². The fourth-order valence-corrected chi connectivity index (χ4v) is 2.93. The minimum Gasteiger partial charge on any atom is -0.391 e. The summed E-state index contributed by atoms with van der Waals surface area (Å²) in [6.45, 7) is 0.133. The van der Waals surface area contributed by atoms with Crippen LogP contribution in [-0.4, -0.2) is 23.7 Å². The van der Waals surface area contributed by atoms with E-state index in [1.54, 1.807) is 0 Å². The molecule has 1 amide bonds. The first-order valence-electron chi connectivity index (χ1n) is 7.00. The maximum absolute atomic E-state index is 13.6. The van der Waals surface area contributed by atoms with Crippen molar-refractivity contribution in [2.45, 2.75) is 38.2 Å². The highest BCUT2D eigenvalue weighted by Crippen LogP contribution is 2.26. The number of hydrogen-bond acceptors (Lipinski definition) is 2. The quantitative estimate of drug-likeness (QED) is 0.897. The fourth-order valence-electron chi connectivity index (χ4n) is 2.69. The number of rotatable bonds is 4. The van der Waals surface area contributed by atoms with Crippen molar-refractivity contribution in [3.05, 3.63) is 34.6 Å². The van der Waals surface area contributed by atoms with Crippen molar-refractivity contribution >= 4 is 17.5 Å². The molecule has 1 unspecified atom stereocenters. The Balaban J connectivity index is 1.91. The summed E-state index contributed by atoms with van der Waals surface area (Å²) in [7, 11) is 0. The third-order valence-electron chi connectivity index (χ3n) is 3.86. The molecule has 0 radical (unpaired) electrons. The summed E-state index contributed by atoms with van der Waals surface area (Å²) < 4.78 is 13.6. The van der Waals surface area contributed by atoms with Gasteiger partial charge in [0.25, 0.3) is 5.91 Å². The minimum absolute atomic E-state index is 0.0784. The van der Waals surface area contributed by atoms with E-state index < -0.39 is 17.8 Å². The van der Waals surface area contributed by atoms with Crippen molar-refractivity contribution in [3.8, 4) is 0 Å². The predicted molar refractivity (Wildman–Crippen MR) is 76.3 cm³/mol. The number of amides is 1. The second kappa shape index (κ2) is 7.04. The van der Waals surface area contributed by atoms with Gasteiger partial charge in [0, 0.05) is 6.54 Å².